The summed E-state index contributed by atoms with van der Waals surface area (Å²) < 4.78 is 0.101. The van der Waals surface area contributed by atoms with Crippen LogP contribution in [0.4, 0.5) is 0 Å². The average molecular weight is 147 g/mol. The van der Waals surface area contributed by atoms with Gasteiger partial charge in [-0.2, -0.15) is 12.6 Å². The third-order valence-corrected chi connectivity index (χ3v) is 2.17. The summed E-state index contributed by atoms with van der Waals surface area (Å²) in [6.07, 6.45) is 0. The lowest BCUT2D eigenvalue weighted by Gasteiger charge is -2.31. The summed E-state index contributed by atoms with van der Waals surface area (Å²) in [7, 11) is 4.14. The van der Waals surface area contributed by atoms with Crippen molar-refractivity contribution in [3.63, 3.8) is 0 Å². The predicted octanol–water partition coefficient (Wildman–Crippen LogP) is 1.64. The largest absolute Gasteiger partial charge is 0.305 e. The van der Waals surface area contributed by atoms with Gasteiger partial charge in [0.2, 0.25) is 0 Å². The van der Waals surface area contributed by atoms with Gasteiger partial charge in [0.25, 0.3) is 0 Å². The Labute approximate surface area is 63.8 Å². The van der Waals surface area contributed by atoms with Gasteiger partial charge in [-0.25, -0.2) is 0 Å². The fourth-order valence-electron chi connectivity index (χ4n) is 0.632. The second-order valence-corrected chi connectivity index (χ2v) is 4.45. The van der Waals surface area contributed by atoms with Crippen molar-refractivity contribution in [3.8, 4) is 0 Å². The van der Waals surface area contributed by atoms with Crippen molar-refractivity contribution < 1.29 is 0 Å². The molecule has 0 bridgehead atoms. The van der Waals surface area contributed by atoms with E-state index in [-0.39, 0.29) is 4.75 Å². The summed E-state index contributed by atoms with van der Waals surface area (Å²) >= 11 is 4.45. The highest BCUT2D eigenvalue weighted by molar-refractivity contribution is 7.81. The lowest BCUT2D eigenvalue weighted by Crippen LogP contribution is -2.39. The van der Waals surface area contributed by atoms with Crippen molar-refractivity contribution >= 4 is 12.6 Å². The van der Waals surface area contributed by atoms with Gasteiger partial charge in [0.1, 0.15) is 0 Å². The molecule has 0 radical (unpaired) electrons. The molecule has 0 saturated carbocycles. The molecule has 1 nitrogen and oxygen atoms in total. The lowest BCUT2D eigenvalue weighted by atomic mass is 10.0. The monoisotopic (exact) mass is 147 g/mol. The highest BCUT2D eigenvalue weighted by Crippen LogP contribution is 2.19. The smallest absolute Gasteiger partial charge is 0.0226 e. The van der Waals surface area contributed by atoms with E-state index in [1.165, 1.54) is 0 Å². The van der Waals surface area contributed by atoms with Gasteiger partial charge in [-0.05, 0) is 34.9 Å². The standard InChI is InChI=1S/C7H17NS/c1-6(8(4)5)7(2,3)9/h6,9H,1-5H3. The van der Waals surface area contributed by atoms with Crippen molar-refractivity contribution in [2.45, 2.75) is 31.6 Å². The lowest BCUT2D eigenvalue weighted by molar-refractivity contribution is 0.272. The molecule has 1 unspecified atom stereocenters. The highest BCUT2D eigenvalue weighted by Gasteiger charge is 2.22. The fraction of sp³-hybridized carbons (Fsp3) is 1.00. The van der Waals surface area contributed by atoms with Gasteiger partial charge in [0.05, 0.1) is 0 Å². The first-order valence-electron chi connectivity index (χ1n) is 3.24. The molecule has 0 aliphatic heterocycles. The van der Waals surface area contributed by atoms with Crippen LogP contribution in [0.1, 0.15) is 20.8 Å². The van der Waals surface area contributed by atoms with E-state index in [9.17, 15) is 0 Å². The number of hydrogen-bond donors (Lipinski definition) is 1. The Kier molecular flexibility index (Phi) is 3.03. The van der Waals surface area contributed by atoms with E-state index in [1.54, 1.807) is 0 Å². The van der Waals surface area contributed by atoms with Crippen molar-refractivity contribution in [1.82, 2.24) is 4.90 Å². The molecule has 2 heteroatoms. The third-order valence-electron chi connectivity index (χ3n) is 1.80. The van der Waals surface area contributed by atoms with Crippen LogP contribution in [0.15, 0.2) is 0 Å². The van der Waals surface area contributed by atoms with Crippen molar-refractivity contribution in [3.05, 3.63) is 0 Å². The Bertz CT molecular complexity index is 83.4. The molecular formula is C7H17NS. The Morgan fingerprint density at radius 2 is 1.67 bits per heavy atom. The molecule has 0 aromatic carbocycles. The molecule has 56 valence electrons. The molecule has 0 aromatic rings. The van der Waals surface area contributed by atoms with Gasteiger partial charge in [-0.1, -0.05) is 0 Å². The second-order valence-electron chi connectivity index (χ2n) is 3.29. The van der Waals surface area contributed by atoms with Crippen molar-refractivity contribution in [2.24, 2.45) is 0 Å². The second kappa shape index (κ2) is 2.93. The zero-order valence-electron chi connectivity index (χ0n) is 6.97. The van der Waals surface area contributed by atoms with E-state index in [2.05, 4.69) is 52.4 Å². The third kappa shape index (κ3) is 3.11. The Morgan fingerprint density at radius 3 is 1.67 bits per heavy atom. The van der Waals surface area contributed by atoms with Gasteiger partial charge in [-0.3, -0.25) is 0 Å². The van der Waals surface area contributed by atoms with Crippen LogP contribution in [-0.2, 0) is 0 Å². The van der Waals surface area contributed by atoms with E-state index < -0.39 is 0 Å². The first-order valence-corrected chi connectivity index (χ1v) is 3.69. The maximum absolute atomic E-state index is 4.45. The van der Waals surface area contributed by atoms with Gasteiger partial charge in [0.15, 0.2) is 0 Å². The van der Waals surface area contributed by atoms with Crippen LogP contribution in [0, 0.1) is 0 Å². The number of rotatable bonds is 2. The van der Waals surface area contributed by atoms with Crippen LogP contribution >= 0.6 is 12.6 Å². The van der Waals surface area contributed by atoms with Crippen LogP contribution in [0.3, 0.4) is 0 Å². The summed E-state index contributed by atoms with van der Waals surface area (Å²) in [5.74, 6) is 0. The molecule has 0 aliphatic carbocycles. The van der Waals surface area contributed by atoms with E-state index in [1.807, 2.05) is 0 Å². The number of thiol groups is 1. The number of nitrogens with zero attached hydrogens (tertiary/aromatic N) is 1. The van der Waals surface area contributed by atoms with Crippen LogP contribution in [0.25, 0.3) is 0 Å². The summed E-state index contributed by atoms with van der Waals surface area (Å²) in [6.45, 7) is 6.43. The van der Waals surface area contributed by atoms with Crippen LogP contribution in [0.2, 0.25) is 0 Å². The number of hydrogen-bond acceptors (Lipinski definition) is 2. The first-order chi connectivity index (χ1) is 3.85. The van der Waals surface area contributed by atoms with Gasteiger partial charge < -0.3 is 4.90 Å². The van der Waals surface area contributed by atoms with Crippen molar-refractivity contribution in [2.75, 3.05) is 14.1 Å². The molecular weight excluding hydrogens is 130 g/mol. The fourth-order valence-corrected chi connectivity index (χ4v) is 0.863. The average Bonchev–Trinajstić information content (AvgIpc) is 1.62. The summed E-state index contributed by atoms with van der Waals surface area (Å²) in [6, 6.07) is 0.515. The quantitative estimate of drug-likeness (QED) is 0.581. The van der Waals surface area contributed by atoms with Gasteiger partial charge >= 0.3 is 0 Å². The van der Waals surface area contributed by atoms with E-state index in [0.29, 0.717) is 6.04 Å². The summed E-state index contributed by atoms with van der Waals surface area (Å²) in [4.78, 5) is 2.17. The van der Waals surface area contributed by atoms with E-state index in [4.69, 9.17) is 0 Å². The van der Waals surface area contributed by atoms with Crippen LogP contribution in [-0.4, -0.2) is 29.8 Å². The molecule has 0 N–H and O–H groups in total. The molecule has 0 saturated heterocycles. The topological polar surface area (TPSA) is 3.24 Å². The molecule has 1 atom stereocenters. The normalized spacial score (nSPS) is 16.3. The maximum atomic E-state index is 4.45. The summed E-state index contributed by atoms with van der Waals surface area (Å²) in [5, 5.41) is 0. The SMILES string of the molecule is CC(N(C)C)C(C)(C)S. The zero-order valence-corrected chi connectivity index (χ0v) is 7.87. The molecule has 0 rings (SSSR count). The Balaban J connectivity index is 3.88. The minimum atomic E-state index is 0.101. The molecule has 0 aliphatic rings. The molecule has 9 heavy (non-hydrogen) atoms. The van der Waals surface area contributed by atoms with Gasteiger partial charge in [-0.15, -0.1) is 0 Å². The van der Waals surface area contributed by atoms with Gasteiger partial charge in [0, 0.05) is 10.8 Å². The highest BCUT2D eigenvalue weighted by atomic mass is 32.1. The molecule has 0 heterocycles. The molecule has 0 amide bonds. The Morgan fingerprint density at radius 1 is 1.33 bits per heavy atom. The van der Waals surface area contributed by atoms with Crippen LogP contribution in [0.5, 0.6) is 0 Å². The Hall–Kier alpha value is 0.310. The zero-order chi connectivity index (χ0) is 7.65. The minimum absolute atomic E-state index is 0.101. The molecule has 0 spiro atoms. The summed E-state index contributed by atoms with van der Waals surface area (Å²) in [5.41, 5.74) is 0. The molecule has 0 fully saturated rings. The van der Waals surface area contributed by atoms with E-state index in [0.717, 1.165) is 0 Å². The molecule has 0 aromatic heterocycles. The first kappa shape index (κ1) is 9.31. The van der Waals surface area contributed by atoms with Crippen molar-refractivity contribution in [1.29, 1.82) is 0 Å². The maximum Gasteiger partial charge on any atom is 0.0226 e. The minimum Gasteiger partial charge on any atom is -0.305 e. The van der Waals surface area contributed by atoms with E-state index >= 15 is 0 Å². The van der Waals surface area contributed by atoms with Crippen LogP contribution < -0.4 is 0 Å². The predicted molar refractivity (Wildman–Crippen MR) is 46.2 cm³/mol.